The number of anilines is 3. The van der Waals surface area contributed by atoms with Gasteiger partial charge < -0.3 is 15.1 Å². The molecule has 0 unspecified atom stereocenters. The van der Waals surface area contributed by atoms with Crippen LogP contribution in [0.25, 0.3) is 0 Å². The van der Waals surface area contributed by atoms with Crippen molar-refractivity contribution in [1.82, 2.24) is 4.98 Å². The highest BCUT2D eigenvalue weighted by Crippen LogP contribution is 2.21. The van der Waals surface area contributed by atoms with E-state index >= 15 is 0 Å². The highest BCUT2D eigenvalue weighted by Gasteiger charge is 2.18. The Morgan fingerprint density at radius 2 is 1.44 bits per heavy atom. The van der Waals surface area contributed by atoms with Crippen molar-refractivity contribution in [1.29, 1.82) is 0 Å². The molecule has 1 N–H and O–H groups in total. The Labute approximate surface area is 159 Å². The number of hydrogen-bond acceptors (Lipinski definition) is 4. The first-order chi connectivity index (χ1) is 13.3. The van der Waals surface area contributed by atoms with E-state index in [0.717, 1.165) is 37.7 Å². The van der Waals surface area contributed by atoms with Crippen molar-refractivity contribution in [3.63, 3.8) is 0 Å². The summed E-state index contributed by atoms with van der Waals surface area (Å²) < 4.78 is 0. The van der Waals surface area contributed by atoms with Gasteiger partial charge in [0.05, 0.1) is 0 Å². The standard InChI is InChI=1S/C22H22N4O/c27-22(18-6-2-1-3-7-18)24-19-9-11-20(12-10-19)25-14-16-26(17-15-25)21-8-4-5-13-23-21/h1-13H,14-17H2,(H,24,27). The lowest BCUT2D eigenvalue weighted by molar-refractivity contribution is 0.102. The molecule has 2 aromatic carbocycles. The molecule has 3 aromatic rings. The number of rotatable bonds is 4. The van der Waals surface area contributed by atoms with Crippen LogP contribution in [0.15, 0.2) is 79.0 Å². The van der Waals surface area contributed by atoms with Crippen LogP contribution in [0, 0.1) is 0 Å². The Balaban J connectivity index is 1.35. The number of nitrogens with one attached hydrogen (secondary N) is 1. The molecule has 0 radical (unpaired) electrons. The summed E-state index contributed by atoms with van der Waals surface area (Å²) >= 11 is 0. The van der Waals surface area contributed by atoms with Crippen molar-refractivity contribution in [2.24, 2.45) is 0 Å². The predicted molar refractivity (Wildman–Crippen MR) is 110 cm³/mol. The minimum Gasteiger partial charge on any atom is -0.368 e. The third-order valence-corrected chi connectivity index (χ3v) is 4.78. The number of hydrogen-bond donors (Lipinski definition) is 1. The average Bonchev–Trinajstić information content (AvgIpc) is 2.76. The summed E-state index contributed by atoms with van der Waals surface area (Å²) in [6, 6.07) is 23.3. The van der Waals surface area contributed by atoms with E-state index in [1.807, 2.05) is 60.8 Å². The Morgan fingerprint density at radius 1 is 0.778 bits per heavy atom. The molecule has 27 heavy (non-hydrogen) atoms. The van der Waals surface area contributed by atoms with Crippen LogP contribution in [0.2, 0.25) is 0 Å². The molecule has 1 amide bonds. The highest BCUT2D eigenvalue weighted by molar-refractivity contribution is 6.04. The molecule has 1 aliphatic rings. The molecular formula is C22H22N4O. The van der Waals surface area contributed by atoms with Crippen LogP contribution in [0.4, 0.5) is 17.2 Å². The third-order valence-electron chi connectivity index (χ3n) is 4.78. The molecule has 4 rings (SSSR count). The summed E-state index contributed by atoms with van der Waals surface area (Å²) in [6.45, 7) is 3.80. The lowest BCUT2D eigenvalue weighted by atomic mass is 10.2. The maximum Gasteiger partial charge on any atom is 0.255 e. The molecule has 1 fully saturated rings. The van der Waals surface area contributed by atoms with Gasteiger partial charge in [-0.2, -0.15) is 0 Å². The highest BCUT2D eigenvalue weighted by atomic mass is 16.1. The minimum absolute atomic E-state index is 0.0904. The maximum absolute atomic E-state index is 12.2. The van der Waals surface area contributed by atoms with E-state index in [9.17, 15) is 4.79 Å². The molecule has 0 saturated carbocycles. The molecule has 136 valence electrons. The first-order valence-corrected chi connectivity index (χ1v) is 9.17. The van der Waals surface area contributed by atoms with E-state index in [-0.39, 0.29) is 5.91 Å². The quantitative estimate of drug-likeness (QED) is 0.773. The van der Waals surface area contributed by atoms with E-state index in [4.69, 9.17) is 0 Å². The Hall–Kier alpha value is -3.34. The Bertz CT molecular complexity index is 873. The number of benzene rings is 2. The van der Waals surface area contributed by atoms with Crippen molar-refractivity contribution in [2.45, 2.75) is 0 Å². The average molecular weight is 358 g/mol. The summed E-state index contributed by atoms with van der Waals surface area (Å²) in [7, 11) is 0. The van der Waals surface area contributed by atoms with Crippen LogP contribution in [-0.4, -0.2) is 37.1 Å². The van der Waals surface area contributed by atoms with Gasteiger partial charge in [-0.1, -0.05) is 24.3 Å². The summed E-state index contributed by atoms with van der Waals surface area (Å²) in [6.07, 6.45) is 1.84. The molecule has 0 bridgehead atoms. The predicted octanol–water partition coefficient (Wildman–Crippen LogP) is 3.66. The molecule has 1 aliphatic heterocycles. The lowest BCUT2D eigenvalue weighted by Crippen LogP contribution is -2.46. The summed E-state index contributed by atoms with van der Waals surface area (Å²) in [4.78, 5) is 21.3. The first kappa shape index (κ1) is 17.1. The minimum atomic E-state index is -0.0904. The van der Waals surface area contributed by atoms with Crippen LogP contribution in [0.1, 0.15) is 10.4 Å². The zero-order chi connectivity index (χ0) is 18.5. The third kappa shape index (κ3) is 4.08. The van der Waals surface area contributed by atoms with Gasteiger partial charge >= 0.3 is 0 Å². The van der Waals surface area contributed by atoms with E-state index in [1.54, 1.807) is 0 Å². The van der Waals surface area contributed by atoms with Crippen molar-refractivity contribution in [3.8, 4) is 0 Å². The van der Waals surface area contributed by atoms with Gasteiger partial charge in [0, 0.05) is 49.3 Å². The maximum atomic E-state index is 12.2. The van der Waals surface area contributed by atoms with Crippen LogP contribution >= 0.6 is 0 Å². The fraction of sp³-hybridized carbons (Fsp3) is 0.182. The fourth-order valence-corrected chi connectivity index (χ4v) is 3.28. The first-order valence-electron chi connectivity index (χ1n) is 9.17. The zero-order valence-electron chi connectivity index (χ0n) is 15.1. The summed E-state index contributed by atoms with van der Waals surface area (Å²) in [5.41, 5.74) is 2.64. The molecular weight excluding hydrogens is 336 g/mol. The van der Waals surface area contributed by atoms with Crippen molar-refractivity contribution >= 4 is 23.1 Å². The number of aromatic nitrogens is 1. The summed E-state index contributed by atoms with van der Waals surface area (Å²) in [5.74, 6) is 0.948. The molecule has 2 heterocycles. The van der Waals surface area contributed by atoms with E-state index in [1.165, 1.54) is 5.69 Å². The second-order valence-corrected chi connectivity index (χ2v) is 6.53. The van der Waals surface area contributed by atoms with Crippen LogP contribution < -0.4 is 15.1 Å². The molecule has 0 atom stereocenters. The van der Waals surface area contributed by atoms with Crippen LogP contribution in [-0.2, 0) is 0 Å². The van der Waals surface area contributed by atoms with Crippen LogP contribution in [0.5, 0.6) is 0 Å². The number of amides is 1. The van der Waals surface area contributed by atoms with Gasteiger partial charge in [-0.25, -0.2) is 4.98 Å². The van der Waals surface area contributed by atoms with Crippen molar-refractivity contribution < 1.29 is 4.79 Å². The van der Waals surface area contributed by atoms with Gasteiger partial charge in [-0.3, -0.25) is 4.79 Å². The number of carbonyl (C=O) groups is 1. The number of nitrogens with zero attached hydrogens (tertiary/aromatic N) is 3. The largest absolute Gasteiger partial charge is 0.368 e. The Kier molecular flexibility index (Phi) is 5.01. The zero-order valence-corrected chi connectivity index (χ0v) is 15.1. The molecule has 0 spiro atoms. The van der Waals surface area contributed by atoms with Gasteiger partial charge in [0.15, 0.2) is 0 Å². The topological polar surface area (TPSA) is 48.5 Å². The van der Waals surface area contributed by atoms with E-state index in [0.29, 0.717) is 5.56 Å². The molecule has 5 nitrogen and oxygen atoms in total. The van der Waals surface area contributed by atoms with Crippen LogP contribution in [0.3, 0.4) is 0 Å². The monoisotopic (exact) mass is 358 g/mol. The summed E-state index contributed by atoms with van der Waals surface area (Å²) in [5, 5.41) is 2.94. The number of pyridine rings is 1. The number of carbonyl (C=O) groups excluding carboxylic acids is 1. The molecule has 1 saturated heterocycles. The second-order valence-electron chi connectivity index (χ2n) is 6.53. The van der Waals surface area contributed by atoms with Gasteiger partial charge in [0.1, 0.15) is 5.82 Å². The van der Waals surface area contributed by atoms with E-state index < -0.39 is 0 Å². The van der Waals surface area contributed by atoms with Gasteiger partial charge in [-0.05, 0) is 48.5 Å². The van der Waals surface area contributed by atoms with Crippen molar-refractivity contribution in [2.75, 3.05) is 41.3 Å². The SMILES string of the molecule is O=C(Nc1ccc(N2CCN(c3ccccn3)CC2)cc1)c1ccccc1. The Morgan fingerprint density at radius 3 is 2.11 bits per heavy atom. The molecule has 5 heteroatoms. The van der Waals surface area contributed by atoms with Crippen molar-refractivity contribution in [3.05, 3.63) is 84.6 Å². The molecule has 1 aromatic heterocycles. The molecule has 0 aliphatic carbocycles. The van der Waals surface area contributed by atoms with Gasteiger partial charge in [0.25, 0.3) is 5.91 Å². The normalized spacial score (nSPS) is 14.1. The lowest BCUT2D eigenvalue weighted by Gasteiger charge is -2.36. The second kappa shape index (κ2) is 7.91. The van der Waals surface area contributed by atoms with Gasteiger partial charge in [-0.15, -0.1) is 0 Å². The fourth-order valence-electron chi connectivity index (χ4n) is 3.28. The van der Waals surface area contributed by atoms with E-state index in [2.05, 4.69) is 38.3 Å². The smallest absolute Gasteiger partial charge is 0.255 e. The van der Waals surface area contributed by atoms with Gasteiger partial charge in [0.2, 0.25) is 0 Å². The number of piperazine rings is 1.